The molecule has 1 aromatic carbocycles. The minimum absolute atomic E-state index is 0.124. The van der Waals surface area contributed by atoms with Crippen molar-refractivity contribution in [2.75, 3.05) is 42.6 Å². The molecule has 3 aromatic rings. The highest BCUT2D eigenvalue weighted by Gasteiger charge is 2.26. The Morgan fingerprint density at radius 3 is 2.63 bits per heavy atom. The zero-order valence-electron chi connectivity index (χ0n) is 15.1. The predicted octanol–water partition coefficient (Wildman–Crippen LogP) is 1.68. The molecular formula is C18H22N6O2S. The lowest BCUT2D eigenvalue weighted by molar-refractivity contribution is 0.384. The Balaban J connectivity index is 1.60. The largest absolute Gasteiger partial charge is 0.382 e. The van der Waals surface area contributed by atoms with Gasteiger partial charge in [0.2, 0.25) is 10.0 Å². The monoisotopic (exact) mass is 386 g/mol. The number of nitrogens with two attached hydrogens (primary N) is 1. The van der Waals surface area contributed by atoms with E-state index >= 15 is 0 Å². The molecule has 1 aliphatic heterocycles. The summed E-state index contributed by atoms with van der Waals surface area (Å²) < 4.78 is 25.6. The topological polar surface area (TPSA) is 108 Å². The molecule has 142 valence electrons. The van der Waals surface area contributed by atoms with E-state index < -0.39 is 10.0 Å². The fourth-order valence-corrected chi connectivity index (χ4v) is 4.40. The van der Waals surface area contributed by atoms with Gasteiger partial charge in [0.15, 0.2) is 5.82 Å². The molecule has 0 unspecified atom stereocenters. The second-order valence-corrected chi connectivity index (χ2v) is 8.78. The third-order valence-corrected chi connectivity index (χ3v) is 6.78. The number of sulfonamides is 1. The summed E-state index contributed by atoms with van der Waals surface area (Å²) in [4.78, 5) is 14.4. The third-order valence-electron chi connectivity index (χ3n) is 4.89. The Labute approximate surface area is 158 Å². The fraction of sp³-hybridized carbons (Fsp3) is 0.333. The molecule has 0 radical (unpaired) electrons. The molecule has 0 aliphatic carbocycles. The first-order valence-electron chi connectivity index (χ1n) is 8.91. The smallest absolute Gasteiger partial charge is 0.213 e. The Morgan fingerprint density at radius 2 is 1.93 bits per heavy atom. The summed E-state index contributed by atoms with van der Waals surface area (Å²) >= 11 is 0. The summed E-state index contributed by atoms with van der Waals surface area (Å²) in [5.74, 6) is 1.18. The lowest BCUT2D eigenvalue weighted by atomic mass is 10.2. The predicted molar refractivity (Wildman–Crippen MR) is 107 cm³/mol. The molecule has 4 rings (SSSR count). The number of hydrogen-bond acceptors (Lipinski definition) is 6. The number of piperazine rings is 1. The highest BCUT2D eigenvalue weighted by atomic mass is 32.2. The van der Waals surface area contributed by atoms with Crippen molar-refractivity contribution < 1.29 is 8.42 Å². The molecule has 2 aromatic heterocycles. The quantitative estimate of drug-likeness (QED) is 0.706. The average molecular weight is 386 g/mol. The van der Waals surface area contributed by atoms with Crippen LogP contribution in [0.5, 0.6) is 0 Å². The molecular weight excluding hydrogens is 364 g/mol. The first kappa shape index (κ1) is 17.7. The van der Waals surface area contributed by atoms with E-state index in [1.54, 1.807) is 13.1 Å². The van der Waals surface area contributed by atoms with Crippen molar-refractivity contribution in [3.8, 4) is 11.4 Å². The highest BCUT2D eigenvalue weighted by molar-refractivity contribution is 7.89. The molecule has 9 heteroatoms. The van der Waals surface area contributed by atoms with Crippen molar-refractivity contribution in [3.05, 3.63) is 36.5 Å². The van der Waals surface area contributed by atoms with Gasteiger partial charge in [0.25, 0.3) is 0 Å². The number of fused-ring (bicyclic) bond motifs is 1. The maximum Gasteiger partial charge on any atom is 0.213 e. The van der Waals surface area contributed by atoms with Crippen molar-refractivity contribution in [3.63, 3.8) is 0 Å². The molecule has 1 aliphatic rings. The Hall–Kier alpha value is -2.65. The van der Waals surface area contributed by atoms with Gasteiger partial charge in [-0.1, -0.05) is 18.2 Å². The van der Waals surface area contributed by atoms with Crippen LogP contribution in [-0.2, 0) is 10.0 Å². The van der Waals surface area contributed by atoms with Crippen LogP contribution in [0.4, 0.5) is 11.6 Å². The molecule has 0 saturated carbocycles. The highest BCUT2D eigenvalue weighted by Crippen LogP contribution is 2.28. The molecule has 27 heavy (non-hydrogen) atoms. The summed E-state index contributed by atoms with van der Waals surface area (Å²) in [6.07, 6.45) is 1.64. The zero-order valence-corrected chi connectivity index (χ0v) is 15.9. The minimum atomic E-state index is -3.15. The van der Waals surface area contributed by atoms with Crippen LogP contribution in [0.25, 0.3) is 22.3 Å². The van der Waals surface area contributed by atoms with Gasteiger partial charge in [0.1, 0.15) is 11.5 Å². The summed E-state index contributed by atoms with van der Waals surface area (Å²) in [6, 6.07) is 9.98. The number of nitrogens with zero attached hydrogens (tertiary/aromatic N) is 4. The number of nitrogen functional groups attached to an aromatic ring is 1. The van der Waals surface area contributed by atoms with Crippen molar-refractivity contribution in [1.29, 1.82) is 0 Å². The summed E-state index contributed by atoms with van der Waals surface area (Å²) in [6.45, 7) is 3.71. The van der Waals surface area contributed by atoms with Gasteiger partial charge in [0, 0.05) is 37.1 Å². The van der Waals surface area contributed by atoms with Gasteiger partial charge in [-0.2, -0.15) is 4.31 Å². The maximum absolute atomic E-state index is 12.0. The van der Waals surface area contributed by atoms with Crippen molar-refractivity contribution >= 4 is 32.6 Å². The van der Waals surface area contributed by atoms with Crippen LogP contribution in [0.15, 0.2) is 36.5 Å². The van der Waals surface area contributed by atoms with E-state index in [1.807, 2.05) is 35.2 Å². The summed E-state index contributed by atoms with van der Waals surface area (Å²) in [7, 11) is -3.15. The van der Waals surface area contributed by atoms with Crippen molar-refractivity contribution in [2.24, 2.45) is 0 Å². The average Bonchev–Trinajstić information content (AvgIpc) is 3.12. The number of aromatic amines is 1. The van der Waals surface area contributed by atoms with E-state index in [4.69, 9.17) is 10.7 Å². The van der Waals surface area contributed by atoms with Crippen LogP contribution in [0.2, 0.25) is 0 Å². The van der Waals surface area contributed by atoms with Gasteiger partial charge in [-0.05, 0) is 19.1 Å². The van der Waals surface area contributed by atoms with Gasteiger partial charge in [0.05, 0.1) is 17.6 Å². The number of rotatable bonds is 4. The van der Waals surface area contributed by atoms with E-state index in [0.29, 0.717) is 43.5 Å². The Morgan fingerprint density at radius 1 is 1.19 bits per heavy atom. The standard InChI is InChI=1S/C18H22N6O2S/c1-2-27(25,26)24-9-7-23(8-10-24)16-12-20-18(19)17(22-16)15-11-13-5-3-4-6-14(13)21-15/h3-6,11-12,21H,2,7-10H2,1H3,(H2,19,20). The number of hydrogen-bond donors (Lipinski definition) is 2. The Bertz CT molecular complexity index is 1040. The van der Waals surface area contributed by atoms with E-state index in [9.17, 15) is 8.42 Å². The van der Waals surface area contributed by atoms with Gasteiger partial charge in [-0.15, -0.1) is 0 Å². The summed E-state index contributed by atoms with van der Waals surface area (Å²) in [5, 5.41) is 1.08. The normalized spacial score (nSPS) is 16.1. The molecule has 8 nitrogen and oxygen atoms in total. The van der Waals surface area contributed by atoms with Gasteiger partial charge < -0.3 is 15.6 Å². The number of H-pyrrole nitrogens is 1. The number of nitrogens with one attached hydrogen (secondary N) is 1. The molecule has 0 amide bonds. The van der Waals surface area contributed by atoms with E-state index in [0.717, 1.165) is 16.6 Å². The molecule has 0 bridgehead atoms. The van der Waals surface area contributed by atoms with Crippen LogP contribution >= 0.6 is 0 Å². The maximum atomic E-state index is 12.0. The molecule has 3 N–H and O–H groups in total. The molecule has 1 saturated heterocycles. The first-order valence-corrected chi connectivity index (χ1v) is 10.5. The Kier molecular flexibility index (Phi) is 4.48. The van der Waals surface area contributed by atoms with Crippen LogP contribution < -0.4 is 10.6 Å². The number of para-hydroxylation sites is 1. The minimum Gasteiger partial charge on any atom is -0.382 e. The van der Waals surface area contributed by atoms with E-state index in [-0.39, 0.29) is 5.75 Å². The van der Waals surface area contributed by atoms with E-state index in [2.05, 4.69) is 9.97 Å². The molecule has 0 spiro atoms. The van der Waals surface area contributed by atoms with E-state index in [1.165, 1.54) is 4.31 Å². The first-order chi connectivity index (χ1) is 13.0. The number of aromatic nitrogens is 3. The van der Waals surface area contributed by atoms with Crippen LogP contribution in [0.1, 0.15) is 6.92 Å². The van der Waals surface area contributed by atoms with Crippen molar-refractivity contribution in [2.45, 2.75) is 6.92 Å². The van der Waals surface area contributed by atoms with Crippen molar-refractivity contribution in [1.82, 2.24) is 19.3 Å². The van der Waals surface area contributed by atoms with Gasteiger partial charge in [-0.25, -0.2) is 18.4 Å². The number of anilines is 2. The second-order valence-electron chi connectivity index (χ2n) is 6.52. The van der Waals surface area contributed by atoms with Crippen LogP contribution in [-0.4, -0.2) is 59.6 Å². The number of benzene rings is 1. The van der Waals surface area contributed by atoms with Crippen LogP contribution in [0.3, 0.4) is 0 Å². The lowest BCUT2D eigenvalue weighted by Gasteiger charge is -2.34. The lowest BCUT2D eigenvalue weighted by Crippen LogP contribution is -2.49. The second kappa shape index (κ2) is 6.82. The fourth-order valence-electron chi connectivity index (χ4n) is 3.32. The third kappa shape index (κ3) is 3.35. The summed E-state index contributed by atoms with van der Waals surface area (Å²) in [5.41, 5.74) is 8.50. The molecule has 1 fully saturated rings. The van der Waals surface area contributed by atoms with Gasteiger partial charge in [-0.3, -0.25) is 0 Å². The SMILES string of the molecule is CCS(=O)(=O)N1CCN(c2cnc(N)c(-c3cc4ccccc4[nH]3)n2)CC1. The molecule has 3 heterocycles. The van der Waals surface area contributed by atoms with Gasteiger partial charge >= 0.3 is 0 Å². The van der Waals surface area contributed by atoms with Crippen LogP contribution in [0, 0.1) is 0 Å². The zero-order chi connectivity index (χ0) is 19.0. The molecule has 0 atom stereocenters.